The van der Waals surface area contributed by atoms with E-state index in [9.17, 15) is 9.59 Å². The Labute approximate surface area is 159 Å². The Morgan fingerprint density at radius 2 is 1.86 bits per heavy atom. The number of benzene rings is 2. The molecule has 0 fully saturated rings. The number of hydrogen-bond acceptors (Lipinski definition) is 6. The molecule has 0 saturated carbocycles. The molecule has 0 atom stereocenters. The van der Waals surface area contributed by atoms with E-state index in [1.807, 2.05) is 31.2 Å². The van der Waals surface area contributed by atoms with E-state index in [2.05, 4.69) is 20.4 Å². The molecule has 9 nitrogen and oxygen atoms in total. The third-order valence-corrected chi connectivity index (χ3v) is 4.38. The molecule has 2 heterocycles. The third-order valence-electron chi connectivity index (χ3n) is 4.38. The lowest BCUT2D eigenvalue weighted by atomic mass is 10.1. The molecule has 140 valence electrons. The first-order chi connectivity index (χ1) is 13.5. The van der Waals surface area contributed by atoms with Gasteiger partial charge in [0.15, 0.2) is 0 Å². The van der Waals surface area contributed by atoms with Gasteiger partial charge < -0.3 is 5.73 Å². The maximum atomic E-state index is 12.8. The summed E-state index contributed by atoms with van der Waals surface area (Å²) >= 11 is 0. The van der Waals surface area contributed by atoms with Crippen LogP contribution in [0.2, 0.25) is 0 Å². The zero-order valence-corrected chi connectivity index (χ0v) is 15.1. The minimum atomic E-state index is -0.632. The molecule has 0 aliphatic heterocycles. The second-order valence-corrected chi connectivity index (χ2v) is 6.36. The van der Waals surface area contributed by atoms with Crippen LogP contribution in [0.4, 0.5) is 0 Å². The van der Waals surface area contributed by atoms with Crippen molar-refractivity contribution in [3.63, 3.8) is 0 Å². The molecule has 0 saturated heterocycles. The van der Waals surface area contributed by atoms with E-state index in [0.29, 0.717) is 22.6 Å². The molecule has 0 radical (unpaired) electrons. The quantitative estimate of drug-likeness (QED) is 0.553. The van der Waals surface area contributed by atoms with Crippen LogP contribution >= 0.6 is 0 Å². The van der Waals surface area contributed by atoms with Gasteiger partial charge in [0.05, 0.1) is 10.9 Å². The zero-order valence-electron chi connectivity index (χ0n) is 15.1. The van der Waals surface area contributed by atoms with Gasteiger partial charge in [0.25, 0.3) is 5.56 Å². The fourth-order valence-corrected chi connectivity index (χ4v) is 3.02. The van der Waals surface area contributed by atoms with Crippen LogP contribution in [-0.2, 0) is 17.9 Å². The Hall–Kier alpha value is -3.88. The molecule has 4 rings (SSSR count). The molecule has 0 spiro atoms. The number of nitrogens with zero attached hydrogens (tertiary/aromatic N) is 6. The fourth-order valence-electron chi connectivity index (χ4n) is 3.02. The number of fused-ring (bicyclic) bond motifs is 1. The van der Waals surface area contributed by atoms with Crippen LogP contribution < -0.4 is 11.3 Å². The predicted octanol–water partition coefficient (Wildman–Crippen LogP) is 0.892. The van der Waals surface area contributed by atoms with Crippen molar-refractivity contribution in [3.05, 3.63) is 70.3 Å². The second kappa shape index (κ2) is 7.03. The van der Waals surface area contributed by atoms with E-state index < -0.39 is 5.91 Å². The van der Waals surface area contributed by atoms with Crippen molar-refractivity contribution in [1.29, 1.82) is 0 Å². The Balaban J connectivity index is 1.76. The van der Waals surface area contributed by atoms with Crippen molar-refractivity contribution in [3.8, 4) is 11.4 Å². The van der Waals surface area contributed by atoms with Gasteiger partial charge in [-0.2, -0.15) is 4.80 Å². The predicted molar refractivity (Wildman–Crippen MR) is 102 cm³/mol. The van der Waals surface area contributed by atoms with Crippen molar-refractivity contribution >= 4 is 16.8 Å². The number of nitrogens with two attached hydrogens (primary N) is 1. The van der Waals surface area contributed by atoms with Crippen LogP contribution in [0.5, 0.6) is 0 Å². The summed E-state index contributed by atoms with van der Waals surface area (Å²) in [4.78, 5) is 30.1. The summed E-state index contributed by atoms with van der Waals surface area (Å²) in [7, 11) is 0. The van der Waals surface area contributed by atoms with Gasteiger partial charge in [0.1, 0.15) is 18.9 Å². The van der Waals surface area contributed by atoms with Crippen molar-refractivity contribution in [2.24, 2.45) is 5.73 Å². The van der Waals surface area contributed by atoms with Gasteiger partial charge in [0.2, 0.25) is 11.7 Å². The number of aromatic nitrogens is 6. The van der Waals surface area contributed by atoms with Crippen molar-refractivity contribution in [2.75, 3.05) is 0 Å². The van der Waals surface area contributed by atoms with Crippen LogP contribution in [0.25, 0.3) is 22.3 Å². The van der Waals surface area contributed by atoms with E-state index in [1.54, 1.807) is 24.3 Å². The van der Waals surface area contributed by atoms with Crippen molar-refractivity contribution in [2.45, 2.75) is 20.0 Å². The Bertz CT molecular complexity index is 1240. The van der Waals surface area contributed by atoms with Crippen molar-refractivity contribution in [1.82, 2.24) is 29.8 Å². The molecule has 0 aliphatic rings. The molecule has 9 heteroatoms. The summed E-state index contributed by atoms with van der Waals surface area (Å²) in [5, 5.41) is 13.0. The first-order valence-corrected chi connectivity index (χ1v) is 8.63. The first kappa shape index (κ1) is 17.5. The molecule has 28 heavy (non-hydrogen) atoms. The first-order valence-electron chi connectivity index (χ1n) is 8.63. The van der Waals surface area contributed by atoms with Gasteiger partial charge in [0, 0.05) is 5.56 Å². The summed E-state index contributed by atoms with van der Waals surface area (Å²) < 4.78 is 1.25. The van der Waals surface area contributed by atoms with Gasteiger partial charge >= 0.3 is 0 Å². The lowest BCUT2D eigenvalue weighted by Gasteiger charge is -2.11. The van der Waals surface area contributed by atoms with E-state index in [4.69, 9.17) is 5.73 Å². The number of hydrogen-bond donors (Lipinski definition) is 1. The van der Waals surface area contributed by atoms with Gasteiger partial charge in [-0.15, -0.1) is 10.2 Å². The molecule has 1 amide bonds. The van der Waals surface area contributed by atoms with Crippen LogP contribution in [0.1, 0.15) is 11.4 Å². The monoisotopic (exact) mass is 375 g/mol. The third kappa shape index (κ3) is 3.25. The number of rotatable bonds is 5. The second-order valence-electron chi connectivity index (χ2n) is 6.36. The number of para-hydroxylation sites is 1. The van der Waals surface area contributed by atoms with Gasteiger partial charge in [-0.25, -0.2) is 4.98 Å². The highest BCUT2D eigenvalue weighted by Crippen LogP contribution is 2.18. The Morgan fingerprint density at radius 1 is 1.11 bits per heavy atom. The average molecular weight is 375 g/mol. The molecular weight excluding hydrogens is 358 g/mol. The van der Waals surface area contributed by atoms with Crippen LogP contribution in [0.15, 0.2) is 53.3 Å². The number of amides is 1. The normalized spacial score (nSPS) is 11.0. The summed E-state index contributed by atoms with van der Waals surface area (Å²) in [5.74, 6) is 0.173. The van der Waals surface area contributed by atoms with Crippen LogP contribution in [0.3, 0.4) is 0 Å². The highest BCUT2D eigenvalue weighted by atomic mass is 16.2. The molecule has 0 aliphatic carbocycles. The zero-order chi connectivity index (χ0) is 19.7. The molecule has 2 aromatic heterocycles. The molecule has 4 aromatic rings. The SMILES string of the molecule is Cc1ccccc1-c1nnn(Cc2nc3ccccc3c(=O)n2CC(N)=O)n1. The van der Waals surface area contributed by atoms with E-state index in [1.165, 1.54) is 9.36 Å². The van der Waals surface area contributed by atoms with Gasteiger partial charge in [-0.1, -0.05) is 36.4 Å². The minimum absolute atomic E-state index is 0.0756. The minimum Gasteiger partial charge on any atom is -0.368 e. The fraction of sp³-hybridized carbons (Fsp3) is 0.158. The average Bonchev–Trinajstić information content (AvgIpc) is 3.13. The lowest BCUT2D eigenvalue weighted by molar-refractivity contribution is -0.118. The largest absolute Gasteiger partial charge is 0.368 e. The van der Waals surface area contributed by atoms with Crippen molar-refractivity contribution < 1.29 is 4.79 Å². The summed E-state index contributed by atoms with van der Waals surface area (Å²) in [5.41, 5.74) is 7.41. The van der Waals surface area contributed by atoms with E-state index in [-0.39, 0.29) is 18.6 Å². The maximum Gasteiger partial charge on any atom is 0.261 e. The van der Waals surface area contributed by atoms with Crippen LogP contribution in [-0.4, -0.2) is 35.7 Å². The highest BCUT2D eigenvalue weighted by Gasteiger charge is 2.15. The smallest absolute Gasteiger partial charge is 0.261 e. The topological polar surface area (TPSA) is 122 Å². The molecule has 0 bridgehead atoms. The summed E-state index contributed by atoms with van der Waals surface area (Å²) in [6.45, 7) is 1.77. The Morgan fingerprint density at radius 3 is 2.64 bits per heavy atom. The van der Waals surface area contributed by atoms with Crippen LogP contribution in [0, 0.1) is 6.92 Å². The number of aryl methyl sites for hydroxylation is 1. The number of tetrazole rings is 1. The molecule has 2 N–H and O–H groups in total. The van der Waals surface area contributed by atoms with E-state index in [0.717, 1.165) is 11.1 Å². The number of primary amides is 1. The van der Waals surface area contributed by atoms with Gasteiger partial charge in [-0.3, -0.25) is 14.2 Å². The molecular formula is C19H17N7O2. The summed E-state index contributed by atoms with van der Waals surface area (Å²) in [6.07, 6.45) is 0. The van der Waals surface area contributed by atoms with E-state index >= 15 is 0 Å². The molecule has 0 unspecified atom stereocenters. The number of carbonyl (C=O) groups is 1. The number of carbonyl (C=O) groups excluding carboxylic acids is 1. The standard InChI is InChI=1S/C19H17N7O2/c1-12-6-2-3-7-13(12)18-22-24-26(23-18)11-17-21-15-9-5-4-8-14(15)19(28)25(17)10-16(20)27/h2-9H,10-11H2,1H3,(H2,20,27). The highest BCUT2D eigenvalue weighted by molar-refractivity contribution is 5.78. The Kier molecular flexibility index (Phi) is 4.40. The van der Waals surface area contributed by atoms with Gasteiger partial charge in [-0.05, 0) is 29.8 Å². The molecule has 2 aromatic carbocycles. The maximum absolute atomic E-state index is 12.8. The lowest BCUT2D eigenvalue weighted by Crippen LogP contribution is -2.32. The summed E-state index contributed by atoms with van der Waals surface area (Å²) in [6, 6.07) is 14.6.